The average molecular weight is 485 g/mol. The molecule has 1 heterocycles. The van der Waals surface area contributed by atoms with Crippen molar-refractivity contribution in [2.75, 3.05) is 25.5 Å². The number of methoxy groups -OCH3 is 1. The van der Waals surface area contributed by atoms with Crippen LogP contribution in [0.1, 0.15) is 10.4 Å². The lowest BCUT2D eigenvalue weighted by molar-refractivity contribution is -0.116. The molecule has 0 aliphatic carbocycles. The van der Waals surface area contributed by atoms with Crippen molar-refractivity contribution in [1.29, 1.82) is 0 Å². The molecule has 3 aromatic carbocycles. The van der Waals surface area contributed by atoms with Crippen molar-refractivity contribution in [2.24, 2.45) is 0 Å². The van der Waals surface area contributed by atoms with Crippen molar-refractivity contribution in [2.45, 2.75) is 0 Å². The first-order valence-corrected chi connectivity index (χ1v) is 11.2. The number of benzene rings is 3. The molecular weight excluding hydrogens is 459 g/mol. The minimum absolute atomic E-state index is 0.199. The molecule has 182 valence electrons. The van der Waals surface area contributed by atoms with Crippen LogP contribution in [0.5, 0.6) is 5.75 Å². The number of amides is 2. The highest BCUT2D eigenvalue weighted by Crippen LogP contribution is 2.26. The Morgan fingerprint density at radius 2 is 1.75 bits per heavy atom. The Labute approximate surface area is 208 Å². The highest BCUT2D eigenvalue weighted by Gasteiger charge is 2.20. The Kier molecular flexibility index (Phi) is 7.55. The maximum absolute atomic E-state index is 13.5. The molecule has 0 aliphatic heterocycles. The van der Waals surface area contributed by atoms with Gasteiger partial charge in [-0.1, -0.05) is 24.3 Å². The molecule has 0 spiro atoms. The highest BCUT2D eigenvalue weighted by molar-refractivity contribution is 5.99. The summed E-state index contributed by atoms with van der Waals surface area (Å²) in [6.07, 6.45) is 3.32. The third-order valence-electron chi connectivity index (χ3n) is 5.44. The Morgan fingerprint density at radius 3 is 2.39 bits per heavy atom. The minimum Gasteiger partial charge on any atom is -0.497 e. The van der Waals surface area contributed by atoms with Crippen LogP contribution < -0.4 is 10.1 Å². The van der Waals surface area contributed by atoms with Crippen LogP contribution in [0.2, 0.25) is 0 Å². The lowest BCUT2D eigenvalue weighted by atomic mass is 10.1. The third-order valence-corrected chi connectivity index (χ3v) is 5.44. The summed E-state index contributed by atoms with van der Waals surface area (Å²) in [7, 11) is 1.59. The second-order valence-electron chi connectivity index (χ2n) is 7.91. The SMILES string of the molecule is C=CCN(CC(=O)Nc1nc(-c2ccc(OC)cc2)cn1-c1ccc(F)cc1)C(=O)c1ccccc1. The van der Waals surface area contributed by atoms with E-state index in [0.717, 1.165) is 5.56 Å². The molecular formula is C28H25FN4O3. The van der Waals surface area contributed by atoms with Gasteiger partial charge in [0, 0.05) is 29.6 Å². The Bertz CT molecular complexity index is 1350. The van der Waals surface area contributed by atoms with Crippen molar-refractivity contribution in [1.82, 2.24) is 14.5 Å². The van der Waals surface area contributed by atoms with E-state index in [-0.39, 0.29) is 30.8 Å². The second kappa shape index (κ2) is 11.1. The molecule has 0 atom stereocenters. The van der Waals surface area contributed by atoms with Gasteiger partial charge >= 0.3 is 0 Å². The molecule has 0 aliphatic rings. The molecule has 4 rings (SSSR count). The van der Waals surface area contributed by atoms with E-state index >= 15 is 0 Å². The van der Waals surface area contributed by atoms with Gasteiger partial charge in [0.1, 0.15) is 18.1 Å². The topological polar surface area (TPSA) is 76.5 Å². The number of aromatic nitrogens is 2. The van der Waals surface area contributed by atoms with Gasteiger partial charge in [0.25, 0.3) is 5.91 Å². The number of ether oxygens (including phenoxy) is 1. The van der Waals surface area contributed by atoms with Crippen LogP contribution in [0.4, 0.5) is 10.3 Å². The predicted molar refractivity (Wildman–Crippen MR) is 137 cm³/mol. The Morgan fingerprint density at radius 1 is 1.06 bits per heavy atom. The van der Waals surface area contributed by atoms with Gasteiger partial charge in [0.05, 0.1) is 12.8 Å². The summed E-state index contributed by atoms with van der Waals surface area (Å²) in [5, 5.41) is 2.80. The van der Waals surface area contributed by atoms with Gasteiger partial charge in [-0.15, -0.1) is 6.58 Å². The molecule has 0 fully saturated rings. The Balaban J connectivity index is 1.61. The largest absolute Gasteiger partial charge is 0.497 e. The van der Waals surface area contributed by atoms with Crippen molar-refractivity contribution in [3.05, 3.63) is 109 Å². The van der Waals surface area contributed by atoms with E-state index in [9.17, 15) is 14.0 Å². The number of rotatable bonds is 9. The van der Waals surface area contributed by atoms with Gasteiger partial charge in [0.15, 0.2) is 0 Å². The molecule has 0 radical (unpaired) electrons. The van der Waals surface area contributed by atoms with Crippen LogP contribution >= 0.6 is 0 Å². The number of hydrogen-bond acceptors (Lipinski definition) is 4. The van der Waals surface area contributed by atoms with Crippen molar-refractivity contribution < 1.29 is 18.7 Å². The number of carbonyl (C=O) groups is 2. The van der Waals surface area contributed by atoms with Crippen LogP contribution in [0.25, 0.3) is 16.9 Å². The fourth-order valence-corrected chi connectivity index (χ4v) is 3.64. The molecule has 36 heavy (non-hydrogen) atoms. The van der Waals surface area contributed by atoms with E-state index in [0.29, 0.717) is 22.7 Å². The summed E-state index contributed by atoms with van der Waals surface area (Å²) in [6.45, 7) is 3.69. The lowest BCUT2D eigenvalue weighted by Gasteiger charge is -2.20. The van der Waals surface area contributed by atoms with Gasteiger partial charge in [-0.25, -0.2) is 9.37 Å². The first-order valence-electron chi connectivity index (χ1n) is 11.2. The van der Waals surface area contributed by atoms with Gasteiger partial charge in [-0.05, 0) is 60.7 Å². The van der Waals surface area contributed by atoms with Gasteiger partial charge in [0.2, 0.25) is 11.9 Å². The second-order valence-corrected chi connectivity index (χ2v) is 7.91. The normalized spacial score (nSPS) is 10.5. The summed E-state index contributed by atoms with van der Waals surface area (Å²) < 4.78 is 20.4. The number of nitrogens with one attached hydrogen (secondary N) is 1. The maximum Gasteiger partial charge on any atom is 0.254 e. The van der Waals surface area contributed by atoms with E-state index < -0.39 is 5.91 Å². The molecule has 0 bridgehead atoms. The monoisotopic (exact) mass is 484 g/mol. The van der Waals surface area contributed by atoms with Crippen molar-refractivity contribution in [3.63, 3.8) is 0 Å². The van der Waals surface area contributed by atoms with Crippen LogP contribution in [-0.4, -0.2) is 46.5 Å². The van der Waals surface area contributed by atoms with Crippen LogP contribution in [-0.2, 0) is 4.79 Å². The van der Waals surface area contributed by atoms with E-state index in [1.54, 1.807) is 60.3 Å². The van der Waals surface area contributed by atoms with Crippen LogP contribution in [0.3, 0.4) is 0 Å². The van der Waals surface area contributed by atoms with Gasteiger partial charge in [-0.2, -0.15) is 0 Å². The summed E-state index contributed by atoms with van der Waals surface area (Å²) in [4.78, 5) is 31.9. The van der Waals surface area contributed by atoms with Crippen molar-refractivity contribution >= 4 is 17.8 Å². The van der Waals surface area contributed by atoms with E-state index in [1.807, 2.05) is 30.3 Å². The molecule has 2 amide bonds. The molecule has 1 N–H and O–H groups in total. The number of imidazole rings is 1. The molecule has 0 saturated heterocycles. The minimum atomic E-state index is -0.434. The fourth-order valence-electron chi connectivity index (χ4n) is 3.64. The van der Waals surface area contributed by atoms with Gasteiger partial charge in [-0.3, -0.25) is 19.5 Å². The fraction of sp³-hybridized carbons (Fsp3) is 0.107. The number of nitrogens with zero attached hydrogens (tertiary/aromatic N) is 3. The smallest absolute Gasteiger partial charge is 0.254 e. The van der Waals surface area contributed by atoms with E-state index in [2.05, 4.69) is 16.9 Å². The molecule has 0 unspecified atom stereocenters. The highest BCUT2D eigenvalue weighted by atomic mass is 19.1. The average Bonchev–Trinajstić information content (AvgIpc) is 3.32. The summed E-state index contributed by atoms with van der Waals surface area (Å²) >= 11 is 0. The Hall–Kier alpha value is -4.72. The van der Waals surface area contributed by atoms with E-state index in [4.69, 9.17) is 4.74 Å². The first kappa shape index (κ1) is 24.4. The van der Waals surface area contributed by atoms with Gasteiger partial charge < -0.3 is 9.64 Å². The standard InChI is InChI=1S/C28H25FN4O3/c1-3-17-32(27(35)21-7-5-4-6-8-21)19-26(34)31-28-30-25(20-9-15-24(36-2)16-10-20)18-33(28)23-13-11-22(29)12-14-23/h3-16,18H,1,17,19H2,2H3,(H,30,31,34). The van der Waals surface area contributed by atoms with Crippen LogP contribution in [0.15, 0.2) is 97.7 Å². The number of anilines is 1. The first-order chi connectivity index (χ1) is 17.5. The molecule has 8 heteroatoms. The number of halogens is 1. The zero-order valence-electron chi connectivity index (χ0n) is 19.7. The van der Waals surface area contributed by atoms with Crippen molar-refractivity contribution in [3.8, 4) is 22.7 Å². The third kappa shape index (κ3) is 5.67. The zero-order valence-corrected chi connectivity index (χ0v) is 19.7. The molecule has 0 saturated carbocycles. The summed E-state index contributed by atoms with van der Waals surface area (Å²) in [5.74, 6) is -0.152. The zero-order chi connectivity index (χ0) is 25.5. The number of carbonyl (C=O) groups excluding carboxylic acids is 2. The predicted octanol–water partition coefficient (Wildman–Crippen LogP) is 4.95. The molecule has 7 nitrogen and oxygen atoms in total. The number of hydrogen-bond donors (Lipinski definition) is 1. The molecule has 1 aromatic heterocycles. The van der Waals surface area contributed by atoms with Crippen LogP contribution in [0, 0.1) is 5.82 Å². The summed E-state index contributed by atoms with van der Waals surface area (Å²) in [6, 6.07) is 21.9. The van der Waals surface area contributed by atoms with E-state index in [1.165, 1.54) is 17.0 Å². The molecule has 4 aromatic rings. The quantitative estimate of drug-likeness (QED) is 0.341. The lowest BCUT2D eigenvalue weighted by Crippen LogP contribution is -2.38. The summed E-state index contributed by atoms with van der Waals surface area (Å²) in [5.41, 5.74) is 2.49. The maximum atomic E-state index is 13.5.